The van der Waals surface area contributed by atoms with Crippen LogP contribution in [0.4, 0.5) is 0 Å². The zero-order valence-corrected chi connectivity index (χ0v) is 14.7. The summed E-state index contributed by atoms with van der Waals surface area (Å²) in [5.41, 5.74) is 8.97. The van der Waals surface area contributed by atoms with Gasteiger partial charge in [-0.1, -0.05) is 32.1 Å². The van der Waals surface area contributed by atoms with E-state index in [-0.39, 0.29) is 11.4 Å². The molecule has 2 fully saturated rings. The molecule has 2 saturated carbocycles. The molecule has 0 saturated heterocycles. The highest BCUT2D eigenvalue weighted by atomic mass is 16.1. The van der Waals surface area contributed by atoms with Gasteiger partial charge in [-0.25, -0.2) is 0 Å². The first-order valence-electron chi connectivity index (χ1n) is 9.27. The number of hydrogen-bond donors (Lipinski definition) is 2. The molecular weight excluding hydrogens is 286 g/mol. The number of rotatable bonds is 4. The Labute approximate surface area is 139 Å². The van der Waals surface area contributed by atoms with Crippen LogP contribution < -0.4 is 11.1 Å². The van der Waals surface area contributed by atoms with Crippen molar-refractivity contribution in [1.82, 2.24) is 9.88 Å². The van der Waals surface area contributed by atoms with Gasteiger partial charge >= 0.3 is 0 Å². The molecule has 2 aliphatic rings. The zero-order chi connectivity index (χ0) is 16.4. The highest BCUT2D eigenvalue weighted by Gasteiger charge is 2.35. The Morgan fingerprint density at radius 2 is 1.87 bits per heavy atom. The van der Waals surface area contributed by atoms with Crippen molar-refractivity contribution >= 4 is 5.91 Å². The highest BCUT2D eigenvalue weighted by molar-refractivity contribution is 5.96. The molecule has 0 radical (unpaired) electrons. The average Bonchev–Trinajstić information content (AvgIpc) is 3.13. The van der Waals surface area contributed by atoms with E-state index in [0.29, 0.717) is 12.6 Å². The molecule has 2 aliphatic carbocycles. The van der Waals surface area contributed by atoms with Crippen LogP contribution in [0.3, 0.4) is 0 Å². The lowest BCUT2D eigenvalue weighted by Gasteiger charge is -2.29. The van der Waals surface area contributed by atoms with Crippen molar-refractivity contribution in [3.8, 4) is 0 Å². The number of nitrogens with two attached hydrogens (primary N) is 1. The molecule has 3 rings (SSSR count). The topological polar surface area (TPSA) is 60.1 Å². The fraction of sp³-hybridized carbons (Fsp3) is 0.737. The van der Waals surface area contributed by atoms with Crippen LogP contribution >= 0.6 is 0 Å². The Bertz CT molecular complexity index is 563. The van der Waals surface area contributed by atoms with Crippen LogP contribution in [0.1, 0.15) is 85.6 Å². The Morgan fingerprint density at radius 3 is 2.48 bits per heavy atom. The molecule has 128 valence electrons. The number of nitrogens with one attached hydrogen (secondary N) is 1. The lowest BCUT2D eigenvalue weighted by atomic mass is 9.95. The lowest BCUT2D eigenvalue weighted by Crippen LogP contribution is -2.51. The van der Waals surface area contributed by atoms with E-state index in [1.807, 2.05) is 0 Å². The molecule has 0 aliphatic heterocycles. The van der Waals surface area contributed by atoms with Crippen LogP contribution in [0.5, 0.6) is 0 Å². The predicted octanol–water partition coefficient (Wildman–Crippen LogP) is 3.61. The summed E-state index contributed by atoms with van der Waals surface area (Å²) in [6.07, 6.45) is 10.8. The van der Waals surface area contributed by atoms with E-state index in [1.54, 1.807) is 0 Å². The molecule has 4 heteroatoms. The Kier molecular flexibility index (Phi) is 4.81. The van der Waals surface area contributed by atoms with Crippen molar-refractivity contribution in [3.05, 3.63) is 23.0 Å². The number of amides is 1. The van der Waals surface area contributed by atoms with E-state index in [0.717, 1.165) is 24.1 Å². The summed E-state index contributed by atoms with van der Waals surface area (Å²) in [6, 6.07) is 2.64. The first kappa shape index (κ1) is 16.6. The number of aryl methyl sites for hydroxylation is 1. The maximum Gasteiger partial charge on any atom is 0.253 e. The Morgan fingerprint density at radius 1 is 1.22 bits per heavy atom. The van der Waals surface area contributed by atoms with E-state index >= 15 is 0 Å². The maximum absolute atomic E-state index is 12.9. The highest BCUT2D eigenvalue weighted by Crippen LogP contribution is 2.33. The van der Waals surface area contributed by atoms with Crippen molar-refractivity contribution in [3.63, 3.8) is 0 Å². The molecular formula is C19H31N3O. The normalized spacial score (nSPS) is 21.5. The number of carbonyl (C=O) groups excluding carboxylic acids is 1. The van der Waals surface area contributed by atoms with Crippen molar-refractivity contribution in [1.29, 1.82) is 0 Å². The van der Waals surface area contributed by atoms with Crippen molar-refractivity contribution in [2.45, 2.75) is 83.2 Å². The number of nitrogens with zero attached hydrogens (tertiary/aromatic N) is 1. The van der Waals surface area contributed by atoms with Gasteiger partial charge in [-0.3, -0.25) is 4.79 Å². The number of aromatic nitrogens is 1. The second-order valence-electron chi connectivity index (χ2n) is 7.59. The van der Waals surface area contributed by atoms with Gasteiger partial charge in [0, 0.05) is 24.0 Å². The van der Waals surface area contributed by atoms with Gasteiger partial charge in [-0.2, -0.15) is 0 Å². The van der Waals surface area contributed by atoms with Crippen LogP contribution in [0.2, 0.25) is 0 Å². The summed E-state index contributed by atoms with van der Waals surface area (Å²) >= 11 is 0. The second kappa shape index (κ2) is 6.68. The maximum atomic E-state index is 12.9. The molecule has 4 nitrogen and oxygen atoms in total. The molecule has 0 spiro atoms. The summed E-state index contributed by atoms with van der Waals surface area (Å²) in [7, 11) is 0. The Balaban J connectivity index is 1.81. The fourth-order valence-electron chi connectivity index (χ4n) is 4.65. The number of carbonyl (C=O) groups is 1. The molecule has 0 aromatic carbocycles. The molecule has 0 bridgehead atoms. The molecule has 1 heterocycles. The number of hydrogen-bond acceptors (Lipinski definition) is 2. The second-order valence-corrected chi connectivity index (χ2v) is 7.59. The molecule has 1 amide bonds. The van der Waals surface area contributed by atoms with Gasteiger partial charge in [0.15, 0.2) is 0 Å². The van der Waals surface area contributed by atoms with Gasteiger partial charge in [-0.15, -0.1) is 0 Å². The van der Waals surface area contributed by atoms with E-state index in [9.17, 15) is 4.79 Å². The molecule has 0 atom stereocenters. The van der Waals surface area contributed by atoms with Crippen LogP contribution in [0.25, 0.3) is 0 Å². The van der Waals surface area contributed by atoms with Crippen LogP contribution in [-0.4, -0.2) is 22.6 Å². The molecule has 1 aromatic heterocycles. The zero-order valence-electron chi connectivity index (χ0n) is 14.7. The summed E-state index contributed by atoms with van der Waals surface area (Å²) in [5, 5.41) is 3.27. The van der Waals surface area contributed by atoms with Crippen molar-refractivity contribution in [2.75, 3.05) is 6.54 Å². The first-order valence-corrected chi connectivity index (χ1v) is 9.27. The van der Waals surface area contributed by atoms with Crippen LogP contribution in [0.15, 0.2) is 6.07 Å². The summed E-state index contributed by atoms with van der Waals surface area (Å²) in [5.74, 6) is 0.0625. The third kappa shape index (κ3) is 3.18. The van der Waals surface area contributed by atoms with E-state index in [1.165, 1.54) is 50.6 Å². The Hall–Kier alpha value is -1.29. The first-order chi connectivity index (χ1) is 11.1. The van der Waals surface area contributed by atoms with E-state index < -0.39 is 0 Å². The van der Waals surface area contributed by atoms with Gasteiger partial charge in [0.2, 0.25) is 0 Å². The minimum absolute atomic E-state index is 0.0625. The van der Waals surface area contributed by atoms with Gasteiger partial charge in [0.25, 0.3) is 5.91 Å². The lowest BCUT2D eigenvalue weighted by molar-refractivity contribution is 0.0902. The molecule has 1 aromatic rings. The molecule has 3 N–H and O–H groups in total. The quantitative estimate of drug-likeness (QED) is 0.891. The summed E-state index contributed by atoms with van der Waals surface area (Å²) in [4.78, 5) is 12.9. The van der Waals surface area contributed by atoms with Crippen LogP contribution in [0, 0.1) is 13.8 Å². The molecule has 0 unspecified atom stereocenters. The van der Waals surface area contributed by atoms with Crippen molar-refractivity contribution < 1.29 is 4.79 Å². The SMILES string of the molecule is Cc1cc(C(=O)NC2(CN)CCCC2)c(C)n1C1CCCCC1. The van der Waals surface area contributed by atoms with Crippen molar-refractivity contribution in [2.24, 2.45) is 5.73 Å². The molecule has 23 heavy (non-hydrogen) atoms. The van der Waals surface area contributed by atoms with Gasteiger partial charge in [0.1, 0.15) is 0 Å². The average molecular weight is 317 g/mol. The minimum Gasteiger partial charge on any atom is -0.345 e. The van der Waals surface area contributed by atoms with Gasteiger partial charge in [-0.05, 0) is 45.6 Å². The van der Waals surface area contributed by atoms with Gasteiger partial charge < -0.3 is 15.6 Å². The van der Waals surface area contributed by atoms with E-state index in [4.69, 9.17) is 5.73 Å². The fourth-order valence-corrected chi connectivity index (χ4v) is 4.65. The third-order valence-corrected chi connectivity index (χ3v) is 6.00. The largest absolute Gasteiger partial charge is 0.345 e. The summed E-state index contributed by atoms with van der Waals surface area (Å²) in [6.45, 7) is 4.77. The monoisotopic (exact) mass is 317 g/mol. The smallest absolute Gasteiger partial charge is 0.253 e. The third-order valence-electron chi connectivity index (χ3n) is 6.00. The predicted molar refractivity (Wildman–Crippen MR) is 93.7 cm³/mol. The van der Waals surface area contributed by atoms with Crippen LogP contribution in [-0.2, 0) is 0 Å². The standard InChI is InChI=1S/C19H31N3O/c1-14-12-17(15(2)22(14)16-8-4-3-5-9-16)18(23)21-19(13-20)10-6-7-11-19/h12,16H,3-11,13,20H2,1-2H3,(H,21,23). The summed E-state index contributed by atoms with van der Waals surface area (Å²) < 4.78 is 2.40. The van der Waals surface area contributed by atoms with E-state index in [2.05, 4.69) is 29.8 Å². The minimum atomic E-state index is -0.176. The van der Waals surface area contributed by atoms with Gasteiger partial charge in [0.05, 0.1) is 11.1 Å².